The maximum atomic E-state index is 4.95. The summed E-state index contributed by atoms with van der Waals surface area (Å²) in [5, 5.41) is 6.68. The fourth-order valence-electron chi connectivity index (χ4n) is 1.36. The van der Waals surface area contributed by atoms with Crippen LogP contribution in [0.2, 0.25) is 0 Å². The molecule has 0 amide bonds. The molecule has 0 unspecified atom stereocenters. The van der Waals surface area contributed by atoms with Crippen molar-refractivity contribution >= 4 is 31.9 Å². The zero-order valence-electron chi connectivity index (χ0n) is 9.93. The monoisotopic (exact) mass is 364 g/mol. The molecule has 5 heteroatoms. The first kappa shape index (κ1) is 15.1. The number of ether oxygens (including phenoxy) is 1. The lowest BCUT2D eigenvalue weighted by Crippen LogP contribution is -2.29. The van der Waals surface area contributed by atoms with Gasteiger partial charge >= 0.3 is 0 Å². The molecule has 0 aliphatic rings. The van der Waals surface area contributed by atoms with E-state index in [1.54, 1.807) is 7.11 Å². The van der Waals surface area contributed by atoms with Crippen molar-refractivity contribution in [1.29, 1.82) is 0 Å². The van der Waals surface area contributed by atoms with Crippen LogP contribution in [0.25, 0.3) is 0 Å². The molecule has 0 aliphatic heterocycles. The highest BCUT2D eigenvalue weighted by Gasteiger charge is 1.99. The van der Waals surface area contributed by atoms with Crippen LogP contribution in [0.3, 0.4) is 0 Å². The molecule has 0 fully saturated rings. The molecule has 0 saturated heterocycles. The summed E-state index contributed by atoms with van der Waals surface area (Å²) in [5.74, 6) is 0. The molecule has 1 rings (SSSR count). The second-order valence-electron chi connectivity index (χ2n) is 3.66. The molecule has 0 atom stereocenters. The minimum absolute atomic E-state index is 0.762. The first-order valence-corrected chi connectivity index (χ1v) is 7.17. The number of hydrogen-bond donors (Lipinski definition) is 2. The zero-order valence-corrected chi connectivity index (χ0v) is 13.1. The van der Waals surface area contributed by atoms with E-state index in [0.29, 0.717) is 0 Å². The van der Waals surface area contributed by atoms with Gasteiger partial charge in [0.1, 0.15) is 0 Å². The van der Waals surface area contributed by atoms with Crippen LogP contribution in [-0.2, 0) is 11.3 Å². The number of halogens is 2. The van der Waals surface area contributed by atoms with Gasteiger partial charge in [0.25, 0.3) is 0 Å². The molecule has 0 heterocycles. The van der Waals surface area contributed by atoms with Gasteiger partial charge in [-0.25, -0.2) is 0 Å². The molecule has 0 bridgehead atoms. The lowest BCUT2D eigenvalue weighted by molar-refractivity contribution is 0.199. The second kappa shape index (κ2) is 9.05. The standard InChI is InChI=1S/C12H18Br2N2O/c1-17-7-6-15-4-5-16-9-10-2-3-11(13)8-12(10)14/h2-3,8,15-16H,4-7,9H2,1H3. The maximum Gasteiger partial charge on any atom is 0.0587 e. The van der Waals surface area contributed by atoms with Gasteiger partial charge in [-0.2, -0.15) is 0 Å². The Labute approximate surface area is 120 Å². The molecule has 0 radical (unpaired) electrons. The van der Waals surface area contributed by atoms with Crippen LogP contribution in [0, 0.1) is 0 Å². The highest BCUT2D eigenvalue weighted by atomic mass is 79.9. The molecular formula is C12H18Br2N2O. The summed E-state index contributed by atoms with van der Waals surface area (Å²) in [7, 11) is 1.71. The molecule has 17 heavy (non-hydrogen) atoms. The second-order valence-corrected chi connectivity index (χ2v) is 5.43. The molecule has 1 aromatic rings. The van der Waals surface area contributed by atoms with Crippen LogP contribution in [0.1, 0.15) is 5.56 Å². The number of rotatable bonds is 8. The summed E-state index contributed by atoms with van der Waals surface area (Å²) < 4.78 is 7.17. The van der Waals surface area contributed by atoms with E-state index in [1.807, 2.05) is 0 Å². The number of benzene rings is 1. The predicted molar refractivity (Wildman–Crippen MR) is 78.3 cm³/mol. The van der Waals surface area contributed by atoms with Gasteiger partial charge in [0.15, 0.2) is 0 Å². The minimum atomic E-state index is 0.762. The smallest absolute Gasteiger partial charge is 0.0587 e. The van der Waals surface area contributed by atoms with E-state index >= 15 is 0 Å². The fraction of sp³-hybridized carbons (Fsp3) is 0.500. The van der Waals surface area contributed by atoms with E-state index in [1.165, 1.54) is 5.56 Å². The predicted octanol–water partition coefficient (Wildman–Crippen LogP) is 2.54. The van der Waals surface area contributed by atoms with Crippen molar-refractivity contribution in [3.8, 4) is 0 Å². The van der Waals surface area contributed by atoms with E-state index in [4.69, 9.17) is 4.74 Å². The van der Waals surface area contributed by atoms with Crippen molar-refractivity contribution in [2.45, 2.75) is 6.54 Å². The van der Waals surface area contributed by atoms with Gasteiger partial charge in [0.05, 0.1) is 6.61 Å². The molecule has 1 aromatic carbocycles. The Hall–Kier alpha value is 0.0600. The third kappa shape index (κ3) is 6.52. The Bertz CT molecular complexity index is 334. The van der Waals surface area contributed by atoms with E-state index in [9.17, 15) is 0 Å². The number of nitrogens with one attached hydrogen (secondary N) is 2. The molecular weight excluding hydrogens is 348 g/mol. The van der Waals surface area contributed by atoms with Crippen molar-refractivity contribution in [2.75, 3.05) is 33.4 Å². The Morgan fingerprint density at radius 3 is 2.59 bits per heavy atom. The van der Waals surface area contributed by atoms with Crippen molar-refractivity contribution in [3.05, 3.63) is 32.7 Å². The summed E-state index contributed by atoms with van der Waals surface area (Å²) >= 11 is 6.99. The van der Waals surface area contributed by atoms with Crippen molar-refractivity contribution in [2.24, 2.45) is 0 Å². The van der Waals surface area contributed by atoms with E-state index < -0.39 is 0 Å². The number of methoxy groups -OCH3 is 1. The van der Waals surface area contributed by atoms with Gasteiger partial charge in [-0.05, 0) is 17.7 Å². The van der Waals surface area contributed by atoms with Crippen LogP contribution in [0.5, 0.6) is 0 Å². The molecule has 0 aliphatic carbocycles. The normalized spacial score (nSPS) is 10.8. The zero-order chi connectivity index (χ0) is 12.5. The SMILES string of the molecule is COCCNCCNCc1ccc(Br)cc1Br. The van der Waals surface area contributed by atoms with Crippen LogP contribution in [0.4, 0.5) is 0 Å². The van der Waals surface area contributed by atoms with E-state index in [-0.39, 0.29) is 0 Å². The highest BCUT2D eigenvalue weighted by Crippen LogP contribution is 2.21. The summed E-state index contributed by atoms with van der Waals surface area (Å²) in [6, 6.07) is 6.23. The average molecular weight is 366 g/mol. The van der Waals surface area contributed by atoms with Crippen molar-refractivity contribution in [3.63, 3.8) is 0 Å². The molecule has 0 saturated carbocycles. The van der Waals surface area contributed by atoms with Crippen LogP contribution in [-0.4, -0.2) is 33.4 Å². The Morgan fingerprint density at radius 1 is 1.12 bits per heavy atom. The van der Waals surface area contributed by atoms with Gasteiger partial charge in [0, 0.05) is 42.2 Å². The van der Waals surface area contributed by atoms with E-state index in [2.05, 4.69) is 60.7 Å². The quantitative estimate of drug-likeness (QED) is 0.694. The third-order valence-electron chi connectivity index (χ3n) is 2.29. The largest absolute Gasteiger partial charge is 0.383 e. The van der Waals surface area contributed by atoms with Gasteiger partial charge in [-0.15, -0.1) is 0 Å². The first-order valence-electron chi connectivity index (χ1n) is 5.58. The van der Waals surface area contributed by atoms with Crippen molar-refractivity contribution < 1.29 is 4.74 Å². The molecule has 2 N–H and O–H groups in total. The van der Waals surface area contributed by atoms with Crippen LogP contribution < -0.4 is 10.6 Å². The Morgan fingerprint density at radius 2 is 1.88 bits per heavy atom. The Balaban J connectivity index is 2.14. The van der Waals surface area contributed by atoms with Crippen molar-refractivity contribution in [1.82, 2.24) is 10.6 Å². The summed E-state index contributed by atoms with van der Waals surface area (Å²) in [5.41, 5.74) is 1.27. The van der Waals surface area contributed by atoms with E-state index in [0.717, 1.165) is 41.7 Å². The van der Waals surface area contributed by atoms with Crippen LogP contribution in [0.15, 0.2) is 27.1 Å². The van der Waals surface area contributed by atoms with Gasteiger partial charge in [-0.3, -0.25) is 0 Å². The van der Waals surface area contributed by atoms with Gasteiger partial charge in [-0.1, -0.05) is 37.9 Å². The van der Waals surface area contributed by atoms with Gasteiger partial charge in [0.2, 0.25) is 0 Å². The number of hydrogen-bond acceptors (Lipinski definition) is 3. The molecule has 3 nitrogen and oxygen atoms in total. The Kier molecular flexibility index (Phi) is 8.05. The summed E-state index contributed by atoms with van der Waals surface area (Å²) in [4.78, 5) is 0. The summed E-state index contributed by atoms with van der Waals surface area (Å²) in [6.45, 7) is 4.45. The highest BCUT2D eigenvalue weighted by molar-refractivity contribution is 9.11. The molecule has 96 valence electrons. The topological polar surface area (TPSA) is 33.3 Å². The molecule has 0 aromatic heterocycles. The van der Waals surface area contributed by atoms with Gasteiger partial charge < -0.3 is 15.4 Å². The summed E-state index contributed by atoms with van der Waals surface area (Å²) in [6.07, 6.45) is 0. The van der Waals surface area contributed by atoms with Crippen LogP contribution >= 0.6 is 31.9 Å². The minimum Gasteiger partial charge on any atom is -0.383 e. The maximum absolute atomic E-state index is 4.95. The lowest BCUT2D eigenvalue weighted by atomic mass is 10.2. The first-order chi connectivity index (χ1) is 8.24. The molecule has 0 spiro atoms. The third-order valence-corrected chi connectivity index (χ3v) is 3.52. The average Bonchev–Trinajstić information content (AvgIpc) is 2.30. The lowest BCUT2D eigenvalue weighted by Gasteiger charge is -2.08. The fourth-order valence-corrected chi connectivity index (χ4v) is 2.55.